The van der Waals surface area contributed by atoms with Crippen LogP contribution in [-0.2, 0) is 15.7 Å². The molecule has 0 saturated carbocycles. The molecule has 0 bridgehead atoms. The molecule has 1 amide bonds. The number of halogens is 4. The standard InChI is InChI=1S/C16H10ClF3N2O5/c17-10-3-6-13(22(25)26)12(7-10)15(24)27-8-14(23)21-11-4-1-9(2-5-11)16(18,19)20/h1-7H,8H2,(H,21,23). The molecule has 2 aromatic rings. The molecule has 0 aliphatic heterocycles. The molecule has 0 fully saturated rings. The number of carbonyl (C=O) groups is 2. The first-order chi connectivity index (χ1) is 12.6. The van der Waals surface area contributed by atoms with Crippen LogP contribution in [0.4, 0.5) is 24.5 Å². The van der Waals surface area contributed by atoms with Gasteiger partial charge >= 0.3 is 12.1 Å². The Morgan fingerprint density at radius 2 is 1.78 bits per heavy atom. The minimum Gasteiger partial charge on any atom is -0.452 e. The summed E-state index contributed by atoms with van der Waals surface area (Å²) in [7, 11) is 0. The monoisotopic (exact) mass is 402 g/mol. The van der Waals surface area contributed by atoms with Crippen LogP contribution in [0, 0.1) is 10.1 Å². The molecule has 0 atom stereocenters. The molecule has 0 heterocycles. The van der Waals surface area contributed by atoms with Gasteiger partial charge in [-0.15, -0.1) is 0 Å². The van der Waals surface area contributed by atoms with Crippen molar-refractivity contribution in [3.8, 4) is 0 Å². The number of benzene rings is 2. The summed E-state index contributed by atoms with van der Waals surface area (Å²) in [5.41, 5.74) is -1.82. The highest BCUT2D eigenvalue weighted by molar-refractivity contribution is 6.31. The summed E-state index contributed by atoms with van der Waals surface area (Å²) in [6, 6.07) is 6.87. The quantitative estimate of drug-likeness (QED) is 0.462. The van der Waals surface area contributed by atoms with Crippen molar-refractivity contribution >= 4 is 34.9 Å². The van der Waals surface area contributed by atoms with E-state index in [1.807, 2.05) is 0 Å². The average Bonchev–Trinajstić information content (AvgIpc) is 2.59. The molecule has 0 unspecified atom stereocenters. The Bertz CT molecular complexity index is 885. The summed E-state index contributed by atoms with van der Waals surface area (Å²) in [5, 5.41) is 13.2. The lowest BCUT2D eigenvalue weighted by molar-refractivity contribution is -0.385. The molecule has 27 heavy (non-hydrogen) atoms. The largest absolute Gasteiger partial charge is 0.452 e. The zero-order valence-corrected chi connectivity index (χ0v) is 14.0. The van der Waals surface area contributed by atoms with E-state index in [1.54, 1.807) is 0 Å². The average molecular weight is 403 g/mol. The Labute approximate surface area is 154 Å². The van der Waals surface area contributed by atoms with Crippen molar-refractivity contribution in [3.05, 3.63) is 68.7 Å². The molecular formula is C16H10ClF3N2O5. The topological polar surface area (TPSA) is 98.5 Å². The van der Waals surface area contributed by atoms with Gasteiger partial charge in [-0.2, -0.15) is 13.2 Å². The molecule has 0 aromatic heterocycles. The van der Waals surface area contributed by atoms with Gasteiger partial charge in [0.1, 0.15) is 5.56 Å². The minimum absolute atomic E-state index is 0.0535. The van der Waals surface area contributed by atoms with Gasteiger partial charge in [0.05, 0.1) is 10.5 Å². The first-order valence-corrected chi connectivity index (χ1v) is 7.54. The predicted molar refractivity (Wildman–Crippen MR) is 88.5 cm³/mol. The van der Waals surface area contributed by atoms with Gasteiger partial charge in [-0.3, -0.25) is 14.9 Å². The number of carbonyl (C=O) groups excluding carboxylic acids is 2. The number of anilines is 1. The fraction of sp³-hybridized carbons (Fsp3) is 0.125. The number of esters is 1. The Hall–Kier alpha value is -3.14. The number of nitrogens with one attached hydrogen (secondary N) is 1. The number of hydrogen-bond acceptors (Lipinski definition) is 5. The highest BCUT2D eigenvalue weighted by Gasteiger charge is 2.30. The molecule has 2 rings (SSSR count). The van der Waals surface area contributed by atoms with E-state index in [4.69, 9.17) is 16.3 Å². The van der Waals surface area contributed by atoms with Gasteiger partial charge in [-0.1, -0.05) is 11.6 Å². The molecule has 0 saturated heterocycles. The number of nitrogens with zero attached hydrogens (tertiary/aromatic N) is 1. The van der Waals surface area contributed by atoms with Gasteiger partial charge in [-0.05, 0) is 36.4 Å². The van der Waals surface area contributed by atoms with Crippen LogP contribution in [-0.4, -0.2) is 23.4 Å². The fourth-order valence-electron chi connectivity index (χ4n) is 1.98. The molecule has 0 radical (unpaired) electrons. The Morgan fingerprint density at radius 3 is 2.33 bits per heavy atom. The van der Waals surface area contributed by atoms with Crippen molar-refractivity contribution in [2.24, 2.45) is 0 Å². The molecule has 0 aliphatic carbocycles. The van der Waals surface area contributed by atoms with Gasteiger partial charge in [-0.25, -0.2) is 4.79 Å². The number of alkyl halides is 3. The zero-order valence-electron chi connectivity index (χ0n) is 13.2. The number of amides is 1. The Balaban J connectivity index is 1.99. The first-order valence-electron chi connectivity index (χ1n) is 7.16. The second-order valence-electron chi connectivity index (χ2n) is 5.12. The van der Waals surface area contributed by atoms with Gasteiger partial charge in [0, 0.05) is 16.8 Å². The summed E-state index contributed by atoms with van der Waals surface area (Å²) in [4.78, 5) is 33.8. The lowest BCUT2D eigenvalue weighted by Gasteiger charge is -2.09. The van der Waals surface area contributed by atoms with Crippen LogP contribution in [0.15, 0.2) is 42.5 Å². The predicted octanol–water partition coefficient (Wildman–Crippen LogP) is 4.06. The van der Waals surface area contributed by atoms with Crippen LogP contribution in [0.2, 0.25) is 5.02 Å². The summed E-state index contributed by atoms with van der Waals surface area (Å²) >= 11 is 5.69. The van der Waals surface area contributed by atoms with Crippen LogP contribution in [0.1, 0.15) is 15.9 Å². The maximum Gasteiger partial charge on any atom is 0.416 e. The van der Waals surface area contributed by atoms with Crippen molar-refractivity contribution in [3.63, 3.8) is 0 Å². The molecule has 1 N–H and O–H groups in total. The smallest absolute Gasteiger partial charge is 0.416 e. The van der Waals surface area contributed by atoms with E-state index in [0.717, 1.165) is 36.4 Å². The fourth-order valence-corrected chi connectivity index (χ4v) is 2.15. The van der Waals surface area contributed by atoms with Gasteiger partial charge in [0.2, 0.25) is 0 Å². The minimum atomic E-state index is -4.51. The second-order valence-corrected chi connectivity index (χ2v) is 5.55. The van der Waals surface area contributed by atoms with E-state index in [9.17, 15) is 32.9 Å². The van der Waals surface area contributed by atoms with Crippen molar-refractivity contribution in [1.29, 1.82) is 0 Å². The summed E-state index contributed by atoms with van der Waals surface area (Å²) < 4.78 is 42.1. The Morgan fingerprint density at radius 1 is 1.15 bits per heavy atom. The molecule has 0 spiro atoms. The van der Waals surface area contributed by atoms with Gasteiger partial charge in [0.15, 0.2) is 6.61 Å². The first kappa shape index (κ1) is 20.2. The van der Waals surface area contributed by atoms with E-state index in [-0.39, 0.29) is 10.7 Å². The van der Waals surface area contributed by atoms with Crippen LogP contribution < -0.4 is 5.32 Å². The highest BCUT2D eigenvalue weighted by Crippen LogP contribution is 2.29. The molecule has 2 aromatic carbocycles. The number of hydrogen-bond donors (Lipinski definition) is 1. The molecule has 0 aliphatic rings. The van der Waals surface area contributed by atoms with Crippen LogP contribution >= 0.6 is 11.6 Å². The van der Waals surface area contributed by atoms with Crippen molar-refractivity contribution in [2.75, 3.05) is 11.9 Å². The number of nitro benzene ring substituents is 1. The lowest BCUT2D eigenvalue weighted by atomic mass is 10.2. The molecule has 11 heteroatoms. The van der Waals surface area contributed by atoms with E-state index in [0.29, 0.717) is 0 Å². The summed E-state index contributed by atoms with van der Waals surface area (Å²) in [6.45, 7) is -0.802. The van der Waals surface area contributed by atoms with Gasteiger partial charge in [0.25, 0.3) is 11.6 Å². The zero-order chi connectivity index (χ0) is 20.2. The van der Waals surface area contributed by atoms with Crippen LogP contribution in [0.3, 0.4) is 0 Å². The highest BCUT2D eigenvalue weighted by atomic mass is 35.5. The maximum absolute atomic E-state index is 12.5. The lowest BCUT2D eigenvalue weighted by Crippen LogP contribution is -2.21. The van der Waals surface area contributed by atoms with Crippen molar-refractivity contribution < 1.29 is 32.4 Å². The third kappa shape index (κ3) is 5.42. The normalized spacial score (nSPS) is 11.0. The molecule has 142 valence electrons. The SMILES string of the molecule is O=C(COC(=O)c1cc(Cl)ccc1[N+](=O)[O-])Nc1ccc(C(F)(F)F)cc1. The van der Waals surface area contributed by atoms with Crippen LogP contribution in [0.5, 0.6) is 0 Å². The third-order valence-electron chi connectivity index (χ3n) is 3.21. The van der Waals surface area contributed by atoms with Crippen molar-refractivity contribution in [1.82, 2.24) is 0 Å². The summed E-state index contributed by atoms with van der Waals surface area (Å²) in [6.07, 6.45) is -4.51. The van der Waals surface area contributed by atoms with Crippen LogP contribution in [0.25, 0.3) is 0 Å². The van der Waals surface area contributed by atoms with E-state index >= 15 is 0 Å². The third-order valence-corrected chi connectivity index (χ3v) is 3.44. The number of ether oxygens (including phenoxy) is 1. The van der Waals surface area contributed by atoms with Crippen molar-refractivity contribution in [2.45, 2.75) is 6.18 Å². The van der Waals surface area contributed by atoms with Gasteiger partial charge < -0.3 is 10.1 Å². The van der Waals surface area contributed by atoms with E-state index in [2.05, 4.69) is 5.32 Å². The maximum atomic E-state index is 12.5. The summed E-state index contributed by atoms with van der Waals surface area (Å²) in [5.74, 6) is -1.99. The number of nitro groups is 1. The second kappa shape index (κ2) is 8.04. The van der Waals surface area contributed by atoms with E-state index < -0.39 is 46.4 Å². The Kier molecular flexibility index (Phi) is 6.01. The molecule has 7 nitrogen and oxygen atoms in total. The number of rotatable bonds is 5. The molecular weight excluding hydrogens is 393 g/mol. The van der Waals surface area contributed by atoms with E-state index in [1.165, 1.54) is 6.07 Å².